The van der Waals surface area contributed by atoms with Crippen molar-refractivity contribution in [2.24, 2.45) is 0 Å². The molecule has 0 saturated carbocycles. The van der Waals surface area contributed by atoms with Crippen molar-refractivity contribution >= 4 is 35.1 Å². The zero-order valence-corrected chi connectivity index (χ0v) is 17.4. The summed E-state index contributed by atoms with van der Waals surface area (Å²) in [6.45, 7) is 4.08. The number of aryl methyl sites for hydroxylation is 1. The van der Waals surface area contributed by atoms with E-state index in [1.807, 2.05) is 6.92 Å². The lowest BCUT2D eigenvalue weighted by Gasteiger charge is -2.18. The van der Waals surface area contributed by atoms with Gasteiger partial charge < -0.3 is 15.2 Å². The van der Waals surface area contributed by atoms with Gasteiger partial charge in [0.15, 0.2) is 0 Å². The minimum Gasteiger partial charge on any atom is -0.478 e. The van der Waals surface area contributed by atoms with Crippen LogP contribution in [0.5, 0.6) is 0 Å². The number of rotatable bonds is 8. The lowest BCUT2D eigenvalue weighted by Crippen LogP contribution is -2.35. The van der Waals surface area contributed by atoms with Gasteiger partial charge in [0.05, 0.1) is 29.8 Å². The second-order valence-electron chi connectivity index (χ2n) is 7.34. The summed E-state index contributed by atoms with van der Waals surface area (Å²) in [5.74, 6) is -2.42. The summed E-state index contributed by atoms with van der Waals surface area (Å²) in [4.78, 5) is 49.7. The molecule has 2 aromatic rings. The van der Waals surface area contributed by atoms with Crippen LogP contribution >= 0.6 is 0 Å². The Labute approximate surface area is 179 Å². The molecule has 31 heavy (non-hydrogen) atoms. The summed E-state index contributed by atoms with van der Waals surface area (Å²) < 4.78 is 5.17. The summed E-state index contributed by atoms with van der Waals surface area (Å²) >= 11 is 0. The van der Waals surface area contributed by atoms with Crippen LogP contribution in [0.2, 0.25) is 0 Å². The molecule has 0 radical (unpaired) electrons. The minimum absolute atomic E-state index is 0.000907. The summed E-state index contributed by atoms with van der Waals surface area (Å²) in [6, 6.07) is 10.0. The van der Waals surface area contributed by atoms with Crippen molar-refractivity contribution in [2.75, 3.05) is 16.8 Å². The van der Waals surface area contributed by atoms with Crippen molar-refractivity contribution < 1.29 is 29.0 Å². The number of aromatic carboxylic acids is 1. The minimum atomic E-state index is -1.14. The number of nitrogens with zero attached hydrogens (tertiary/aromatic N) is 1. The lowest BCUT2D eigenvalue weighted by molar-refractivity contribution is -0.121. The third-order valence-corrected chi connectivity index (χ3v) is 5.04. The van der Waals surface area contributed by atoms with Gasteiger partial charge in [-0.1, -0.05) is 19.4 Å². The highest BCUT2D eigenvalue weighted by Crippen LogP contribution is 2.29. The molecule has 1 aliphatic heterocycles. The Bertz CT molecular complexity index is 1020. The van der Waals surface area contributed by atoms with E-state index in [-0.39, 0.29) is 17.7 Å². The second-order valence-corrected chi connectivity index (χ2v) is 7.34. The SMILES string of the molecule is CCCCOC(=O)c1ccc(NC2CC(=O)N(c3cc(C(=O)O)ccc3C)C2=O)cc1. The Hall–Kier alpha value is -3.68. The number of amides is 2. The highest BCUT2D eigenvalue weighted by molar-refractivity contribution is 6.23. The van der Waals surface area contributed by atoms with Crippen LogP contribution in [-0.2, 0) is 14.3 Å². The molecule has 1 unspecified atom stereocenters. The van der Waals surface area contributed by atoms with Gasteiger partial charge in [-0.2, -0.15) is 0 Å². The molecule has 3 rings (SSSR count). The van der Waals surface area contributed by atoms with Crippen LogP contribution in [0.25, 0.3) is 0 Å². The fraction of sp³-hybridized carbons (Fsp3) is 0.304. The number of carboxylic acid groups (broad SMARTS) is 1. The van der Waals surface area contributed by atoms with Gasteiger partial charge in [-0.25, -0.2) is 14.5 Å². The maximum absolute atomic E-state index is 12.9. The number of hydrogen-bond donors (Lipinski definition) is 2. The molecule has 0 bridgehead atoms. The van der Waals surface area contributed by atoms with E-state index >= 15 is 0 Å². The van der Waals surface area contributed by atoms with Gasteiger partial charge in [-0.3, -0.25) is 9.59 Å². The maximum Gasteiger partial charge on any atom is 0.338 e. The fourth-order valence-corrected chi connectivity index (χ4v) is 3.28. The molecular formula is C23H24N2O6. The standard InChI is InChI=1S/C23H24N2O6/c1-3-4-11-31-23(30)15-7-9-17(10-8-15)24-18-13-20(26)25(21(18)27)19-12-16(22(28)29)6-5-14(19)2/h5-10,12,18,24H,3-4,11,13H2,1-2H3,(H,28,29). The molecule has 1 aliphatic rings. The zero-order valence-electron chi connectivity index (χ0n) is 17.4. The largest absolute Gasteiger partial charge is 0.478 e. The first kappa shape index (κ1) is 22.0. The molecule has 1 heterocycles. The van der Waals surface area contributed by atoms with E-state index < -0.39 is 29.8 Å². The molecular weight excluding hydrogens is 400 g/mol. The van der Waals surface area contributed by atoms with Crippen LogP contribution < -0.4 is 10.2 Å². The van der Waals surface area contributed by atoms with Gasteiger partial charge in [0.2, 0.25) is 5.91 Å². The molecule has 2 aromatic carbocycles. The predicted octanol–water partition coefficient (Wildman–Crippen LogP) is 3.39. The van der Waals surface area contributed by atoms with Gasteiger partial charge in [-0.15, -0.1) is 0 Å². The number of imide groups is 1. The van der Waals surface area contributed by atoms with Gasteiger partial charge in [0, 0.05) is 5.69 Å². The summed E-state index contributed by atoms with van der Waals surface area (Å²) in [6.07, 6.45) is 1.67. The lowest BCUT2D eigenvalue weighted by atomic mass is 10.1. The van der Waals surface area contributed by atoms with Crippen molar-refractivity contribution in [1.29, 1.82) is 0 Å². The van der Waals surface area contributed by atoms with Crippen molar-refractivity contribution in [2.45, 2.75) is 39.2 Å². The third kappa shape index (κ3) is 4.91. The van der Waals surface area contributed by atoms with Crippen LogP contribution in [0.15, 0.2) is 42.5 Å². The number of carboxylic acids is 1. The monoisotopic (exact) mass is 424 g/mol. The van der Waals surface area contributed by atoms with Crippen LogP contribution in [0.3, 0.4) is 0 Å². The second kappa shape index (κ2) is 9.42. The van der Waals surface area contributed by atoms with E-state index in [1.165, 1.54) is 12.1 Å². The molecule has 0 spiro atoms. The van der Waals surface area contributed by atoms with Crippen molar-refractivity contribution in [3.63, 3.8) is 0 Å². The Morgan fingerprint density at radius 3 is 2.45 bits per heavy atom. The van der Waals surface area contributed by atoms with E-state index in [4.69, 9.17) is 4.74 Å². The van der Waals surface area contributed by atoms with E-state index in [0.29, 0.717) is 23.4 Å². The molecule has 2 N–H and O–H groups in total. The summed E-state index contributed by atoms with van der Waals surface area (Å²) in [5.41, 5.74) is 1.87. The first-order valence-corrected chi connectivity index (χ1v) is 10.1. The van der Waals surface area contributed by atoms with E-state index in [1.54, 1.807) is 37.3 Å². The number of anilines is 2. The van der Waals surface area contributed by atoms with Crippen molar-refractivity contribution in [1.82, 2.24) is 0 Å². The summed E-state index contributed by atoms with van der Waals surface area (Å²) in [5, 5.41) is 12.2. The number of hydrogen-bond acceptors (Lipinski definition) is 6. The molecule has 2 amide bonds. The molecule has 0 aromatic heterocycles. The van der Waals surface area contributed by atoms with E-state index in [2.05, 4.69) is 5.32 Å². The first-order chi connectivity index (χ1) is 14.8. The molecule has 162 valence electrons. The van der Waals surface area contributed by atoms with Crippen LogP contribution in [0.1, 0.15) is 52.5 Å². The molecule has 1 fully saturated rings. The van der Waals surface area contributed by atoms with Crippen LogP contribution in [0, 0.1) is 6.92 Å². The van der Waals surface area contributed by atoms with Crippen LogP contribution in [0.4, 0.5) is 11.4 Å². The average molecular weight is 424 g/mol. The maximum atomic E-state index is 12.9. The molecule has 1 saturated heterocycles. The number of esters is 1. The van der Waals surface area contributed by atoms with E-state index in [9.17, 15) is 24.3 Å². The number of ether oxygens (including phenoxy) is 1. The Morgan fingerprint density at radius 1 is 1.13 bits per heavy atom. The Morgan fingerprint density at radius 2 is 1.81 bits per heavy atom. The number of carbonyl (C=O) groups excluding carboxylic acids is 3. The molecule has 0 aliphatic carbocycles. The quantitative estimate of drug-likeness (QED) is 0.379. The normalized spacial score (nSPS) is 15.8. The Kier molecular flexibility index (Phi) is 6.69. The number of carbonyl (C=O) groups is 4. The van der Waals surface area contributed by atoms with Gasteiger partial charge in [0.1, 0.15) is 6.04 Å². The average Bonchev–Trinajstić information content (AvgIpc) is 3.02. The highest BCUT2D eigenvalue weighted by Gasteiger charge is 2.40. The number of unbranched alkanes of at least 4 members (excludes halogenated alkanes) is 1. The Balaban J connectivity index is 1.71. The summed E-state index contributed by atoms with van der Waals surface area (Å²) in [7, 11) is 0. The van der Waals surface area contributed by atoms with Crippen molar-refractivity contribution in [3.8, 4) is 0 Å². The topological polar surface area (TPSA) is 113 Å². The zero-order chi connectivity index (χ0) is 22.5. The highest BCUT2D eigenvalue weighted by atomic mass is 16.5. The van der Waals surface area contributed by atoms with Crippen LogP contribution in [-0.4, -0.2) is 41.5 Å². The molecule has 1 atom stereocenters. The number of benzene rings is 2. The molecule has 8 heteroatoms. The smallest absolute Gasteiger partial charge is 0.338 e. The van der Waals surface area contributed by atoms with Gasteiger partial charge in [0.25, 0.3) is 5.91 Å². The first-order valence-electron chi connectivity index (χ1n) is 10.1. The molecule has 8 nitrogen and oxygen atoms in total. The predicted molar refractivity (Wildman–Crippen MR) is 114 cm³/mol. The van der Waals surface area contributed by atoms with Gasteiger partial charge >= 0.3 is 11.9 Å². The number of nitrogens with one attached hydrogen (secondary N) is 1. The van der Waals surface area contributed by atoms with Gasteiger partial charge in [-0.05, 0) is 55.3 Å². The van der Waals surface area contributed by atoms with E-state index in [0.717, 1.165) is 17.7 Å². The van der Waals surface area contributed by atoms with Crippen molar-refractivity contribution in [3.05, 3.63) is 59.2 Å². The third-order valence-electron chi connectivity index (χ3n) is 5.04. The fourth-order valence-electron chi connectivity index (χ4n) is 3.28.